The van der Waals surface area contributed by atoms with Crippen LogP contribution in [0.1, 0.15) is 45.6 Å². The van der Waals surface area contributed by atoms with Gasteiger partial charge in [0.15, 0.2) is 0 Å². The Hall–Kier alpha value is -7.84. The maximum atomic E-state index is 9.72. The van der Waals surface area contributed by atoms with E-state index in [9.17, 15) is 5.26 Å². The zero-order valence-electron chi connectivity index (χ0n) is 45.7. The quantitative estimate of drug-likeness (QED) is 0.113. The van der Waals surface area contributed by atoms with E-state index in [-0.39, 0.29) is 54.4 Å². The van der Waals surface area contributed by atoms with Gasteiger partial charge in [0.25, 0.3) is 6.33 Å². The number of hydrogen-bond donors (Lipinski definition) is 0. The normalized spacial score (nSPS) is 13.5. The van der Waals surface area contributed by atoms with Crippen molar-refractivity contribution in [2.75, 3.05) is 0 Å². The van der Waals surface area contributed by atoms with Crippen LogP contribution in [0.2, 0.25) is 0 Å². The Balaban J connectivity index is 0.00000657. The number of nitriles is 1. The van der Waals surface area contributed by atoms with Crippen molar-refractivity contribution in [3.05, 3.63) is 224 Å². The molecule has 0 fully saturated rings. The smallest absolute Gasteiger partial charge is 0.268 e. The summed E-state index contributed by atoms with van der Waals surface area (Å²) < 4.78 is 100. The molecule has 0 aliphatic rings. The summed E-state index contributed by atoms with van der Waals surface area (Å²) in [4.78, 5) is 4.81. The first-order valence-corrected chi connectivity index (χ1v) is 20.9. The van der Waals surface area contributed by atoms with E-state index in [1.165, 1.54) is 0 Å². The molecule has 0 spiro atoms. The summed E-state index contributed by atoms with van der Waals surface area (Å²) in [6.07, 6.45) is 5.29. The summed E-state index contributed by atoms with van der Waals surface area (Å²) in [5.41, 5.74) is 5.95. The molecular weight excluding hydrogens is 990 g/mol. The van der Waals surface area contributed by atoms with Crippen LogP contribution in [0.25, 0.3) is 83.4 Å². The summed E-state index contributed by atoms with van der Waals surface area (Å²) in [6.45, 7) is 6.48. The fourth-order valence-corrected chi connectivity index (χ4v) is 8.33. The largest absolute Gasteiger partial charge is 0.510 e. The van der Waals surface area contributed by atoms with E-state index < -0.39 is 60.4 Å². The number of fused-ring (bicyclic) bond motifs is 4. The molecule has 0 saturated heterocycles. The van der Waals surface area contributed by atoms with Crippen molar-refractivity contribution in [1.29, 1.82) is 5.26 Å². The minimum absolute atomic E-state index is 0. The van der Waals surface area contributed by atoms with Crippen molar-refractivity contribution < 1.29 is 44.1 Å². The Kier molecular flexibility index (Phi) is 8.35. The van der Waals surface area contributed by atoms with E-state index in [4.69, 9.17) is 23.4 Å². The third-order valence-corrected chi connectivity index (χ3v) is 11.4. The standard InChI is InChI=1S/C59H41N5O.Pt/c1-59(2,3)44-33-34-61-56(35-44)64-53-25-11-10-21-51(53)52-32-31-47(37-55(52)64)65-46-20-12-19-45(36-46)62-39-63(54-26-14-24-50(58(54)62)43-29-27-40(38-60)28-30-43)57-48(41-15-6-4-7-16-41)22-13-23-49(57)42-17-8-5-9-18-42;/h4-35H,1-3H3;/q-2;/i4D,5D,6D,7D,8D,9D,15D,16D,17D,18D;. The number of para-hydroxylation sites is 3. The van der Waals surface area contributed by atoms with Crippen molar-refractivity contribution in [3.8, 4) is 68.1 Å². The number of ether oxygens (including phenoxy) is 1. The number of nitrogens with zero attached hydrogens (tertiary/aromatic N) is 5. The maximum Gasteiger partial charge on any atom is 0.268 e. The summed E-state index contributed by atoms with van der Waals surface area (Å²) in [7, 11) is 0. The van der Waals surface area contributed by atoms with Gasteiger partial charge in [0.05, 0.1) is 42.1 Å². The molecule has 66 heavy (non-hydrogen) atoms. The van der Waals surface area contributed by atoms with Gasteiger partial charge in [-0.2, -0.15) is 23.5 Å². The monoisotopic (exact) mass is 1040 g/mol. The SMILES string of the molecule is [2H]c1c([2H])c([2H])c(-c2cccc(-c3c([2H])c([2H])c([2H])c([2H])c3[2H])c2-[n+]2[c-]n(-c3[c-]c(Oc4[c-]c5c(cc4)c4ccccc4n5-c4cc(C(C)(C)C)ccn4)ccc3)c3c(-c4ccc(C#N)cc4)cccc32)c([2H])c1[2H].[Pt]. The van der Waals surface area contributed by atoms with E-state index in [1.807, 2.05) is 60.8 Å². The molecule has 11 rings (SSSR count). The molecular formula is C59H41N5OPt-2. The van der Waals surface area contributed by atoms with Gasteiger partial charge in [-0.05, 0) is 85.8 Å². The Morgan fingerprint density at radius 3 is 2.05 bits per heavy atom. The molecule has 0 N–H and O–H groups in total. The predicted molar refractivity (Wildman–Crippen MR) is 260 cm³/mol. The van der Waals surface area contributed by atoms with E-state index >= 15 is 0 Å². The minimum atomic E-state index is -0.597. The second-order valence-corrected chi connectivity index (χ2v) is 16.4. The van der Waals surface area contributed by atoms with E-state index in [1.54, 1.807) is 63.7 Å². The number of hydrogen-bond acceptors (Lipinski definition) is 3. The van der Waals surface area contributed by atoms with Gasteiger partial charge in [0.2, 0.25) is 0 Å². The summed E-state index contributed by atoms with van der Waals surface area (Å²) in [5.74, 6) is 1.45. The average molecular weight is 1040 g/mol. The molecule has 7 heteroatoms. The number of imidazole rings is 1. The van der Waals surface area contributed by atoms with E-state index in [0.717, 1.165) is 38.8 Å². The molecule has 0 aliphatic heterocycles. The van der Waals surface area contributed by atoms with Crippen molar-refractivity contribution >= 4 is 32.8 Å². The van der Waals surface area contributed by atoms with Crippen molar-refractivity contribution in [3.63, 3.8) is 0 Å². The summed E-state index contributed by atoms with van der Waals surface area (Å²) >= 11 is 0. The molecule has 8 aromatic carbocycles. The number of pyridine rings is 1. The van der Waals surface area contributed by atoms with Gasteiger partial charge in [0.1, 0.15) is 5.82 Å². The van der Waals surface area contributed by atoms with Crippen molar-refractivity contribution in [2.24, 2.45) is 0 Å². The van der Waals surface area contributed by atoms with Crippen LogP contribution in [-0.4, -0.2) is 14.1 Å². The first-order chi connectivity index (χ1) is 36.0. The zero-order valence-corrected chi connectivity index (χ0v) is 37.9. The molecule has 11 aromatic rings. The van der Waals surface area contributed by atoms with Crippen LogP contribution in [-0.2, 0) is 26.5 Å². The summed E-state index contributed by atoms with van der Waals surface area (Å²) in [6, 6.07) is 42.3. The van der Waals surface area contributed by atoms with E-state index in [0.29, 0.717) is 39.3 Å². The van der Waals surface area contributed by atoms with Gasteiger partial charge in [-0.3, -0.25) is 4.57 Å². The van der Waals surface area contributed by atoms with Crippen LogP contribution in [0.3, 0.4) is 0 Å². The fourth-order valence-electron chi connectivity index (χ4n) is 8.33. The molecule has 0 radical (unpaired) electrons. The third kappa shape index (κ3) is 7.58. The van der Waals surface area contributed by atoms with Crippen LogP contribution in [0.5, 0.6) is 11.5 Å². The molecule has 320 valence electrons. The second kappa shape index (κ2) is 17.3. The topological polar surface area (TPSA) is 59.6 Å². The molecule has 0 saturated carbocycles. The molecule has 0 atom stereocenters. The number of aromatic nitrogens is 4. The van der Waals surface area contributed by atoms with Gasteiger partial charge in [0, 0.05) is 44.3 Å². The zero-order chi connectivity index (χ0) is 52.8. The predicted octanol–water partition coefficient (Wildman–Crippen LogP) is 13.8. The Labute approximate surface area is 412 Å². The maximum absolute atomic E-state index is 9.72. The Bertz CT molecular complexity index is 4090. The van der Waals surface area contributed by atoms with Crippen LogP contribution in [0, 0.1) is 29.8 Å². The minimum Gasteiger partial charge on any atom is -0.510 e. The van der Waals surface area contributed by atoms with Gasteiger partial charge in [-0.15, -0.1) is 29.7 Å². The third-order valence-electron chi connectivity index (χ3n) is 11.4. The number of benzene rings is 8. The molecule has 0 amide bonds. The Morgan fingerprint density at radius 1 is 0.667 bits per heavy atom. The van der Waals surface area contributed by atoms with Gasteiger partial charge >= 0.3 is 0 Å². The molecule has 3 heterocycles. The van der Waals surface area contributed by atoms with Gasteiger partial charge in [-0.25, -0.2) is 4.98 Å². The fraction of sp³-hybridized carbons (Fsp3) is 0.0678. The van der Waals surface area contributed by atoms with Crippen molar-refractivity contribution in [1.82, 2.24) is 14.1 Å². The van der Waals surface area contributed by atoms with Gasteiger partial charge in [-0.1, -0.05) is 153 Å². The molecule has 0 bridgehead atoms. The van der Waals surface area contributed by atoms with Crippen molar-refractivity contribution in [2.45, 2.75) is 26.2 Å². The first kappa shape index (κ1) is 31.9. The molecule has 0 aliphatic carbocycles. The second-order valence-electron chi connectivity index (χ2n) is 16.4. The van der Waals surface area contributed by atoms with Crippen LogP contribution in [0.15, 0.2) is 194 Å². The van der Waals surface area contributed by atoms with E-state index in [2.05, 4.69) is 68.1 Å². The van der Waals surface area contributed by atoms with Crippen LogP contribution in [0.4, 0.5) is 0 Å². The summed E-state index contributed by atoms with van der Waals surface area (Å²) in [5, 5.41) is 11.7. The van der Waals surface area contributed by atoms with Crippen LogP contribution >= 0.6 is 0 Å². The number of rotatable bonds is 8. The Morgan fingerprint density at radius 2 is 1.33 bits per heavy atom. The van der Waals surface area contributed by atoms with Crippen LogP contribution < -0.4 is 9.30 Å². The molecule has 6 nitrogen and oxygen atoms in total. The average Bonchev–Trinajstić information content (AvgIpc) is 4.01. The molecule has 0 unspecified atom stereocenters. The van der Waals surface area contributed by atoms with Gasteiger partial charge < -0.3 is 13.9 Å². The molecule has 3 aromatic heterocycles. The first-order valence-electron chi connectivity index (χ1n) is 25.9.